The fourth-order valence-electron chi connectivity index (χ4n) is 1.92. The van der Waals surface area contributed by atoms with Crippen LogP contribution in [0.3, 0.4) is 0 Å². The van der Waals surface area contributed by atoms with Crippen LogP contribution < -0.4 is 0 Å². The number of hydrogen-bond acceptors (Lipinski definition) is 3. The summed E-state index contributed by atoms with van der Waals surface area (Å²) in [4.78, 5) is 13.7. The quantitative estimate of drug-likeness (QED) is 0.494. The molecule has 1 aliphatic heterocycles. The van der Waals surface area contributed by atoms with E-state index in [1.165, 1.54) is 25.0 Å². The second-order valence-electron chi connectivity index (χ2n) is 4.74. The van der Waals surface area contributed by atoms with Crippen molar-refractivity contribution in [1.82, 2.24) is 4.90 Å². The molecule has 1 heterocycles. The normalized spacial score (nSPS) is 19.5. The highest BCUT2D eigenvalue weighted by Gasteiger charge is 2.16. The predicted molar refractivity (Wildman–Crippen MR) is 79.5 cm³/mol. The van der Waals surface area contributed by atoms with Crippen molar-refractivity contribution in [3.05, 3.63) is 0 Å². The molecule has 1 saturated heterocycles. The van der Waals surface area contributed by atoms with E-state index in [1.807, 2.05) is 33.5 Å². The van der Waals surface area contributed by atoms with Crippen LogP contribution in [0.2, 0.25) is 0 Å². The SMILES string of the molecule is CCCCN(C)C(=O)CCCCC1CCSS1. The Hall–Kier alpha value is 0.170. The summed E-state index contributed by atoms with van der Waals surface area (Å²) >= 11 is 0. The van der Waals surface area contributed by atoms with Crippen LogP contribution in [-0.2, 0) is 4.79 Å². The van der Waals surface area contributed by atoms with Gasteiger partial charge in [0, 0.05) is 31.0 Å². The highest BCUT2D eigenvalue weighted by atomic mass is 33.1. The van der Waals surface area contributed by atoms with E-state index in [2.05, 4.69) is 6.92 Å². The second-order valence-corrected chi connectivity index (χ2v) is 7.53. The van der Waals surface area contributed by atoms with E-state index >= 15 is 0 Å². The van der Waals surface area contributed by atoms with Gasteiger partial charge < -0.3 is 4.90 Å². The summed E-state index contributed by atoms with van der Waals surface area (Å²) in [6.07, 6.45) is 7.96. The summed E-state index contributed by atoms with van der Waals surface area (Å²) in [5.74, 6) is 1.64. The van der Waals surface area contributed by atoms with Crippen LogP contribution in [0.15, 0.2) is 0 Å². The molecule has 17 heavy (non-hydrogen) atoms. The van der Waals surface area contributed by atoms with Crippen LogP contribution in [0.1, 0.15) is 51.9 Å². The zero-order valence-corrected chi connectivity index (χ0v) is 12.7. The first-order valence-electron chi connectivity index (χ1n) is 6.76. The molecule has 0 aliphatic carbocycles. The average molecular weight is 275 g/mol. The maximum Gasteiger partial charge on any atom is 0.222 e. The molecule has 1 amide bonds. The third kappa shape index (κ3) is 6.61. The summed E-state index contributed by atoms with van der Waals surface area (Å²) in [5, 5.41) is 0.855. The third-order valence-electron chi connectivity index (χ3n) is 3.17. The highest BCUT2D eigenvalue weighted by molar-refractivity contribution is 8.77. The van der Waals surface area contributed by atoms with Crippen molar-refractivity contribution in [1.29, 1.82) is 0 Å². The van der Waals surface area contributed by atoms with Crippen molar-refractivity contribution in [2.75, 3.05) is 19.3 Å². The molecule has 0 bridgehead atoms. The molecule has 4 heteroatoms. The lowest BCUT2D eigenvalue weighted by atomic mass is 10.1. The van der Waals surface area contributed by atoms with Gasteiger partial charge in [0.05, 0.1) is 0 Å². The van der Waals surface area contributed by atoms with Crippen molar-refractivity contribution in [2.45, 2.75) is 57.1 Å². The van der Waals surface area contributed by atoms with Gasteiger partial charge >= 0.3 is 0 Å². The lowest BCUT2D eigenvalue weighted by Gasteiger charge is -2.16. The van der Waals surface area contributed by atoms with Crippen LogP contribution in [0.5, 0.6) is 0 Å². The molecule has 0 aromatic carbocycles. The minimum atomic E-state index is 0.326. The van der Waals surface area contributed by atoms with E-state index < -0.39 is 0 Å². The Morgan fingerprint density at radius 3 is 2.82 bits per heavy atom. The van der Waals surface area contributed by atoms with Gasteiger partial charge in [0.25, 0.3) is 0 Å². The molecule has 1 rings (SSSR count). The molecule has 0 radical (unpaired) electrons. The number of hydrogen-bond donors (Lipinski definition) is 0. The Kier molecular flexibility index (Phi) is 8.19. The Morgan fingerprint density at radius 2 is 2.18 bits per heavy atom. The Labute approximate surface area is 114 Å². The number of nitrogens with zero attached hydrogens (tertiary/aromatic N) is 1. The topological polar surface area (TPSA) is 20.3 Å². The van der Waals surface area contributed by atoms with Crippen LogP contribution in [0, 0.1) is 0 Å². The van der Waals surface area contributed by atoms with Gasteiger partial charge in [-0.05, 0) is 25.7 Å². The number of rotatable bonds is 8. The van der Waals surface area contributed by atoms with Gasteiger partial charge in [-0.3, -0.25) is 4.79 Å². The molecule has 1 fully saturated rings. The first-order valence-corrected chi connectivity index (χ1v) is 9.14. The van der Waals surface area contributed by atoms with Gasteiger partial charge in [0.1, 0.15) is 0 Å². The van der Waals surface area contributed by atoms with Crippen molar-refractivity contribution >= 4 is 27.5 Å². The van der Waals surface area contributed by atoms with Crippen molar-refractivity contribution in [2.24, 2.45) is 0 Å². The Bertz CT molecular complexity index is 217. The van der Waals surface area contributed by atoms with Gasteiger partial charge in [-0.1, -0.05) is 41.4 Å². The highest BCUT2D eigenvalue weighted by Crippen LogP contribution is 2.39. The van der Waals surface area contributed by atoms with E-state index in [0.717, 1.165) is 37.5 Å². The standard InChI is InChI=1S/C13H25NOS2/c1-3-4-10-14(2)13(15)8-6-5-7-12-9-11-16-17-12/h12H,3-11H2,1-2H3. The fourth-order valence-corrected chi connectivity index (χ4v) is 4.95. The average Bonchev–Trinajstić information content (AvgIpc) is 2.84. The third-order valence-corrected chi connectivity index (χ3v) is 6.17. The molecule has 0 N–H and O–H groups in total. The van der Waals surface area contributed by atoms with E-state index in [0.29, 0.717) is 5.91 Å². The molecule has 0 spiro atoms. The van der Waals surface area contributed by atoms with Gasteiger partial charge in [-0.25, -0.2) is 0 Å². The summed E-state index contributed by atoms with van der Waals surface area (Å²) in [6.45, 7) is 3.08. The lowest BCUT2D eigenvalue weighted by molar-refractivity contribution is -0.130. The number of amides is 1. The maximum absolute atomic E-state index is 11.8. The lowest BCUT2D eigenvalue weighted by Crippen LogP contribution is -2.27. The van der Waals surface area contributed by atoms with E-state index in [-0.39, 0.29) is 0 Å². The smallest absolute Gasteiger partial charge is 0.222 e. The molecule has 0 aromatic heterocycles. The van der Waals surface area contributed by atoms with Crippen molar-refractivity contribution < 1.29 is 4.79 Å². The van der Waals surface area contributed by atoms with Gasteiger partial charge in [0.2, 0.25) is 5.91 Å². The number of carbonyl (C=O) groups excluding carboxylic acids is 1. The molecular weight excluding hydrogens is 250 g/mol. The molecule has 0 saturated carbocycles. The minimum absolute atomic E-state index is 0.326. The molecule has 1 aliphatic rings. The first-order chi connectivity index (χ1) is 8.24. The Balaban J connectivity index is 1.98. The van der Waals surface area contributed by atoms with Crippen LogP contribution in [0.25, 0.3) is 0 Å². The van der Waals surface area contributed by atoms with Crippen LogP contribution in [0.4, 0.5) is 0 Å². The number of carbonyl (C=O) groups is 1. The van der Waals surface area contributed by atoms with Crippen molar-refractivity contribution in [3.63, 3.8) is 0 Å². The molecule has 0 aromatic rings. The first kappa shape index (κ1) is 15.2. The predicted octanol–water partition coefficient (Wildman–Crippen LogP) is 3.96. The molecule has 2 nitrogen and oxygen atoms in total. The monoisotopic (exact) mass is 275 g/mol. The minimum Gasteiger partial charge on any atom is -0.346 e. The van der Waals surface area contributed by atoms with E-state index in [4.69, 9.17) is 0 Å². The maximum atomic E-state index is 11.8. The van der Waals surface area contributed by atoms with Gasteiger partial charge in [-0.15, -0.1) is 0 Å². The fraction of sp³-hybridized carbons (Fsp3) is 0.923. The van der Waals surface area contributed by atoms with E-state index in [1.54, 1.807) is 0 Å². The zero-order valence-electron chi connectivity index (χ0n) is 11.1. The molecule has 1 unspecified atom stereocenters. The summed E-state index contributed by atoms with van der Waals surface area (Å²) in [6, 6.07) is 0. The summed E-state index contributed by atoms with van der Waals surface area (Å²) in [7, 11) is 5.97. The van der Waals surface area contributed by atoms with Gasteiger partial charge in [-0.2, -0.15) is 0 Å². The zero-order chi connectivity index (χ0) is 12.5. The molecule has 100 valence electrons. The molecular formula is C13H25NOS2. The second kappa shape index (κ2) is 9.15. The van der Waals surface area contributed by atoms with Crippen molar-refractivity contribution in [3.8, 4) is 0 Å². The summed E-state index contributed by atoms with van der Waals surface area (Å²) in [5.41, 5.74) is 0. The van der Waals surface area contributed by atoms with E-state index in [9.17, 15) is 4.79 Å². The summed E-state index contributed by atoms with van der Waals surface area (Å²) < 4.78 is 0. The van der Waals surface area contributed by atoms with Crippen LogP contribution in [-0.4, -0.2) is 35.4 Å². The van der Waals surface area contributed by atoms with Crippen LogP contribution >= 0.6 is 21.6 Å². The Morgan fingerprint density at radius 1 is 1.35 bits per heavy atom. The largest absolute Gasteiger partial charge is 0.346 e. The van der Waals surface area contributed by atoms with Gasteiger partial charge in [0.15, 0.2) is 0 Å². The molecule has 1 atom stereocenters. The number of unbranched alkanes of at least 4 members (excludes halogenated alkanes) is 2.